The maximum atomic E-state index is 12.6. The van der Waals surface area contributed by atoms with Crippen LogP contribution in [0.1, 0.15) is 42.9 Å². The Morgan fingerprint density at radius 1 is 0.824 bits per heavy atom. The maximum Gasteiger partial charge on any atom is 0.330 e. The molecule has 0 aliphatic rings. The smallest absolute Gasteiger partial charge is 0.330 e. The lowest BCUT2D eigenvalue weighted by molar-refractivity contribution is -0.143. The molecule has 2 rings (SSSR count). The number of ether oxygens (including phenoxy) is 6. The van der Waals surface area contributed by atoms with Gasteiger partial charge in [0.25, 0.3) is 0 Å². The average molecular weight is 473 g/mol. The fourth-order valence-corrected chi connectivity index (χ4v) is 3.76. The summed E-state index contributed by atoms with van der Waals surface area (Å²) in [5, 5.41) is 0. The molecule has 0 N–H and O–H groups in total. The normalized spacial score (nSPS) is 11.6. The van der Waals surface area contributed by atoms with E-state index < -0.39 is 11.9 Å². The topological polar surface area (TPSA) is 89.5 Å². The number of hydrogen-bond donors (Lipinski definition) is 0. The molecule has 2 aromatic rings. The molecule has 8 heteroatoms. The Morgan fingerprint density at radius 2 is 1.44 bits per heavy atom. The number of hydrogen-bond acceptors (Lipinski definition) is 8. The monoisotopic (exact) mass is 472 g/mol. The van der Waals surface area contributed by atoms with E-state index in [9.17, 15) is 9.59 Å². The van der Waals surface area contributed by atoms with Crippen molar-refractivity contribution in [3.05, 3.63) is 53.1 Å². The first-order chi connectivity index (χ1) is 16.4. The highest BCUT2D eigenvalue weighted by atomic mass is 16.5. The molecule has 0 saturated heterocycles. The summed E-state index contributed by atoms with van der Waals surface area (Å²) in [6.07, 6.45) is 2.88. The fourth-order valence-electron chi connectivity index (χ4n) is 3.76. The highest BCUT2D eigenvalue weighted by molar-refractivity contribution is 5.88. The third-order valence-corrected chi connectivity index (χ3v) is 5.15. The van der Waals surface area contributed by atoms with Gasteiger partial charge in [0.15, 0.2) is 0 Å². The first-order valence-electron chi connectivity index (χ1n) is 10.9. The van der Waals surface area contributed by atoms with E-state index in [-0.39, 0.29) is 25.6 Å². The Labute approximate surface area is 200 Å². The SMILES string of the molecule is CCOC(=O)/C=C\c1c(OC)ccc(C(CC(=O)OCC)c2c(OC)cccc2OC)c1OC. The van der Waals surface area contributed by atoms with Crippen LogP contribution in [0.3, 0.4) is 0 Å². The first-order valence-corrected chi connectivity index (χ1v) is 10.9. The van der Waals surface area contributed by atoms with Crippen molar-refractivity contribution in [1.82, 2.24) is 0 Å². The first kappa shape index (κ1) is 26.6. The van der Waals surface area contributed by atoms with E-state index in [0.29, 0.717) is 39.7 Å². The second-order valence-corrected chi connectivity index (χ2v) is 7.03. The lowest BCUT2D eigenvalue weighted by Crippen LogP contribution is -2.15. The number of carbonyl (C=O) groups excluding carboxylic acids is 2. The second-order valence-electron chi connectivity index (χ2n) is 7.03. The molecule has 1 atom stereocenters. The molecule has 0 aliphatic carbocycles. The van der Waals surface area contributed by atoms with Gasteiger partial charge in [0.05, 0.1) is 53.6 Å². The Hall–Kier alpha value is -3.68. The summed E-state index contributed by atoms with van der Waals surface area (Å²) in [5.41, 5.74) is 1.87. The minimum Gasteiger partial charge on any atom is -0.496 e. The van der Waals surface area contributed by atoms with Gasteiger partial charge in [-0.05, 0) is 38.1 Å². The van der Waals surface area contributed by atoms with E-state index in [1.54, 1.807) is 58.4 Å². The third kappa shape index (κ3) is 6.21. The Kier molecular flexibility index (Phi) is 10.3. The van der Waals surface area contributed by atoms with Crippen LogP contribution < -0.4 is 18.9 Å². The Morgan fingerprint density at radius 3 is 1.97 bits per heavy atom. The van der Waals surface area contributed by atoms with Gasteiger partial charge in [-0.15, -0.1) is 0 Å². The molecule has 0 aliphatic heterocycles. The van der Waals surface area contributed by atoms with Gasteiger partial charge in [-0.1, -0.05) is 12.1 Å². The third-order valence-electron chi connectivity index (χ3n) is 5.15. The van der Waals surface area contributed by atoms with E-state index in [1.807, 2.05) is 6.07 Å². The van der Waals surface area contributed by atoms with Gasteiger partial charge in [0, 0.05) is 23.1 Å². The molecule has 0 radical (unpaired) electrons. The number of methoxy groups -OCH3 is 4. The minimum atomic E-state index is -0.541. The molecule has 0 heterocycles. The van der Waals surface area contributed by atoms with Crippen molar-refractivity contribution in [3.8, 4) is 23.0 Å². The summed E-state index contributed by atoms with van der Waals surface area (Å²) in [6, 6.07) is 8.97. The molecule has 0 saturated carbocycles. The van der Waals surface area contributed by atoms with Gasteiger partial charge in [0.1, 0.15) is 23.0 Å². The van der Waals surface area contributed by atoms with Crippen LogP contribution in [0, 0.1) is 0 Å². The van der Waals surface area contributed by atoms with E-state index in [2.05, 4.69) is 0 Å². The molecule has 34 heavy (non-hydrogen) atoms. The largest absolute Gasteiger partial charge is 0.496 e. The maximum absolute atomic E-state index is 12.6. The molecular formula is C26H32O8. The van der Waals surface area contributed by atoms with Gasteiger partial charge < -0.3 is 28.4 Å². The summed E-state index contributed by atoms with van der Waals surface area (Å²) in [5.74, 6) is 0.602. The lowest BCUT2D eigenvalue weighted by atomic mass is 9.85. The zero-order valence-corrected chi connectivity index (χ0v) is 20.5. The van der Waals surface area contributed by atoms with Crippen LogP contribution in [0.5, 0.6) is 23.0 Å². The van der Waals surface area contributed by atoms with Crippen LogP contribution in [-0.2, 0) is 19.1 Å². The molecule has 8 nitrogen and oxygen atoms in total. The van der Waals surface area contributed by atoms with Crippen molar-refractivity contribution in [2.24, 2.45) is 0 Å². The predicted octanol–water partition coefficient (Wildman–Crippen LogP) is 4.38. The average Bonchev–Trinajstić information content (AvgIpc) is 2.85. The molecule has 0 amide bonds. The summed E-state index contributed by atoms with van der Waals surface area (Å²) >= 11 is 0. The van der Waals surface area contributed by atoms with Gasteiger partial charge in [-0.3, -0.25) is 4.79 Å². The van der Waals surface area contributed by atoms with E-state index in [0.717, 1.165) is 0 Å². The van der Waals surface area contributed by atoms with Crippen LogP contribution in [0.4, 0.5) is 0 Å². The molecule has 0 spiro atoms. The standard InChI is InChI=1S/C26H32O8/c1-7-33-23(27)15-13-18-20(29-3)14-12-17(26(18)32-6)19(16-24(28)34-8-2)25-21(30-4)10-9-11-22(25)31-5/h9-15,19H,7-8,16H2,1-6H3/b15-13-. The number of esters is 2. The zero-order chi connectivity index (χ0) is 25.1. The van der Waals surface area contributed by atoms with Crippen LogP contribution >= 0.6 is 0 Å². The molecular weight excluding hydrogens is 440 g/mol. The summed E-state index contributed by atoms with van der Waals surface area (Å²) < 4.78 is 32.8. The predicted molar refractivity (Wildman–Crippen MR) is 128 cm³/mol. The molecule has 0 aromatic heterocycles. The number of benzene rings is 2. The summed E-state index contributed by atoms with van der Waals surface area (Å²) in [6.45, 7) is 3.99. The lowest BCUT2D eigenvalue weighted by Gasteiger charge is -2.25. The van der Waals surface area contributed by atoms with Crippen molar-refractivity contribution in [1.29, 1.82) is 0 Å². The van der Waals surface area contributed by atoms with E-state index >= 15 is 0 Å². The molecule has 1 unspecified atom stereocenters. The van der Waals surface area contributed by atoms with Crippen molar-refractivity contribution >= 4 is 18.0 Å². The van der Waals surface area contributed by atoms with E-state index in [4.69, 9.17) is 28.4 Å². The second kappa shape index (κ2) is 13.1. The van der Waals surface area contributed by atoms with Crippen molar-refractivity contribution in [2.45, 2.75) is 26.2 Å². The van der Waals surface area contributed by atoms with Crippen molar-refractivity contribution in [2.75, 3.05) is 41.7 Å². The van der Waals surface area contributed by atoms with Gasteiger partial charge in [-0.2, -0.15) is 0 Å². The Balaban J connectivity index is 2.78. The Bertz CT molecular complexity index is 990. The zero-order valence-electron chi connectivity index (χ0n) is 20.5. The molecule has 0 fully saturated rings. The highest BCUT2D eigenvalue weighted by Gasteiger charge is 2.30. The molecule has 2 aromatic carbocycles. The fraction of sp³-hybridized carbons (Fsp3) is 0.385. The minimum absolute atomic E-state index is 0.00823. The number of rotatable bonds is 12. The van der Waals surface area contributed by atoms with Crippen LogP contribution in [-0.4, -0.2) is 53.6 Å². The molecule has 184 valence electrons. The summed E-state index contributed by atoms with van der Waals surface area (Å²) in [7, 11) is 6.15. The van der Waals surface area contributed by atoms with Gasteiger partial charge >= 0.3 is 11.9 Å². The highest BCUT2D eigenvalue weighted by Crippen LogP contribution is 2.46. The van der Waals surface area contributed by atoms with E-state index in [1.165, 1.54) is 20.3 Å². The van der Waals surface area contributed by atoms with Crippen molar-refractivity contribution in [3.63, 3.8) is 0 Å². The van der Waals surface area contributed by atoms with Gasteiger partial charge in [-0.25, -0.2) is 4.79 Å². The van der Waals surface area contributed by atoms with Crippen LogP contribution in [0.2, 0.25) is 0 Å². The van der Waals surface area contributed by atoms with Gasteiger partial charge in [0.2, 0.25) is 0 Å². The van der Waals surface area contributed by atoms with Crippen LogP contribution in [0.15, 0.2) is 36.4 Å². The quantitative estimate of drug-likeness (QED) is 0.332. The number of carbonyl (C=O) groups is 2. The molecule has 0 bridgehead atoms. The summed E-state index contributed by atoms with van der Waals surface area (Å²) in [4.78, 5) is 24.6. The van der Waals surface area contributed by atoms with Crippen LogP contribution in [0.25, 0.3) is 6.08 Å². The van der Waals surface area contributed by atoms with Crippen molar-refractivity contribution < 1.29 is 38.0 Å².